The first-order valence-electron chi connectivity index (χ1n) is 7.99. The predicted molar refractivity (Wildman–Crippen MR) is 88.1 cm³/mol. The first kappa shape index (κ1) is 14.0. The van der Waals surface area contributed by atoms with E-state index in [0.717, 1.165) is 29.7 Å². The van der Waals surface area contributed by atoms with Gasteiger partial charge in [-0.05, 0) is 35.6 Å². The zero-order valence-electron chi connectivity index (χ0n) is 12.9. The van der Waals surface area contributed by atoms with E-state index in [1.807, 2.05) is 42.5 Å². The number of fused-ring (bicyclic) bond motifs is 2. The van der Waals surface area contributed by atoms with Gasteiger partial charge in [0.25, 0.3) is 0 Å². The van der Waals surface area contributed by atoms with Crippen LogP contribution in [0.4, 0.5) is 5.69 Å². The van der Waals surface area contributed by atoms with Crippen molar-refractivity contribution in [2.75, 3.05) is 18.0 Å². The monoisotopic (exact) mass is 306 g/mol. The highest BCUT2D eigenvalue weighted by Gasteiger charge is 2.33. The summed E-state index contributed by atoms with van der Waals surface area (Å²) in [6.07, 6.45) is 1.63. The first-order valence-corrected chi connectivity index (χ1v) is 7.99. The van der Waals surface area contributed by atoms with Gasteiger partial charge in [0.1, 0.15) is 0 Å². The van der Waals surface area contributed by atoms with Crippen molar-refractivity contribution in [2.24, 2.45) is 0 Å². The summed E-state index contributed by atoms with van der Waals surface area (Å²) in [5.41, 5.74) is 4.43. The molecule has 2 aliphatic rings. The molecule has 0 fully saturated rings. The van der Waals surface area contributed by atoms with Gasteiger partial charge in [-0.2, -0.15) is 0 Å². The molecule has 23 heavy (non-hydrogen) atoms. The maximum Gasteiger partial charge on any atom is 0.316 e. The number of amides is 2. The Morgan fingerprint density at radius 2 is 1.39 bits per heavy atom. The Balaban J connectivity index is 1.53. The third-order valence-corrected chi connectivity index (χ3v) is 4.73. The minimum Gasteiger partial charge on any atom is -0.330 e. The van der Waals surface area contributed by atoms with Crippen molar-refractivity contribution in [3.8, 4) is 0 Å². The van der Waals surface area contributed by atoms with Gasteiger partial charge >= 0.3 is 11.8 Å². The molecule has 2 aromatic carbocycles. The number of hydrogen-bond donors (Lipinski definition) is 0. The average molecular weight is 306 g/mol. The van der Waals surface area contributed by atoms with E-state index in [1.165, 1.54) is 5.56 Å². The van der Waals surface area contributed by atoms with Crippen molar-refractivity contribution in [3.63, 3.8) is 0 Å². The fraction of sp³-hybridized carbons (Fsp3) is 0.263. The van der Waals surface area contributed by atoms with Gasteiger partial charge in [0, 0.05) is 25.3 Å². The SMILES string of the molecule is O=C(C(=O)N1CCc2ccccc21)N1CCc2ccccc2C1. The molecule has 4 rings (SSSR count). The van der Waals surface area contributed by atoms with Crippen molar-refractivity contribution < 1.29 is 9.59 Å². The molecular weight excluding hydrogens is 288 g/mol. The molecule has 2 amide bonds. The normalized spacial score (nSPS) is 16.0. The number of carbonyl (C=O) groups excluding carboxylic acids is 2. The van der Waals surface area contributed by atoms with E-state index in [1.54, 1.807) is 9.80 Å². The van der Waals surface area contributed by atoms with Gasteiger partial charge in [0.15, 0.2) is 0 Å². The summed E-state index contributed by atoms with van der Waals surface area (Å²) < 4.78 is 0. The van der Waals surface area contributed by atoms with Crippen molar-refractivity contribution in [1.29, 1.82) is 0 Å². The summed E-state index contributed by atoms with van der Waals surface area (Å²) in [5.74, 6) is -0.800. The molecule has 2 aliphatic heterocycles. The lowest BCUT2D eigenvalue weighted by Crippen LogP contribution is -2.46. The lowest BCUT2D eigenvalue weighted by atomic mass is 10.00. The zero-order chi connectivity index (χ0) is 15.8. The van der Waals surface area contributed by atoms with Gasteiger partial charge < -0.3 is 9.80 Å². The molecule has 0 aromatic heterocycles. The molecule has 0 saturated carbocycles. The third-order valence-electron chi connectivity index (χ3n) is 4.73. The Hall–Kier alpha value is -2.62. The highest BCUT2D eigenvalue weighted by atomic mass is 16.2. The van der Waals surface area contributed by atoms with Crippen molar-refractivity contribution >= 4 is 17.5 Å². The molecule has 4 nitrogen and oxygen atoms in total. The zero-order valence-corrected chi connectivity index (χ0v) is 12.9. The molecule has 0 saturated heterocycles. The van der Waals surface area contributed by atoms with Gasteiger partial charge in [-0.25, -0.2) is 0 Å². The van der Waals surface area contributed by atoms with Crippen LogP contribution in [0.2, 0.25) is 0 Å². The van der Waals surface area contributed by atoms with Crippen LogP contribution in [0.15, 0.2) is 48.5 Å². The van der Waals surface area contributed by atoms with Crippen LogP contribution in [0.25, 0.3) is 0 Å². The van der Waals surface area contributed by atoms with Gasteiger partial charge in [-0.1, -0.05) is 42.5 Å². The molecular formula is C19H18N2O2. The van der Waals surface area contributed by atoms with Crippen LogP contribution >= 0.6 is 0 Å². The van der Waals surface area contributed by atoms with Crippen molar-refractivity contribution in [2.45, 2.75) is 19.4 Å². The average Bonchev–Trinajstić information content (AvgIpc) is 3.04. The number of anilines is 1. The summed E-state index contributed by atoms with van der Waals surface area (Å²) >= 11 is 0. The van der Waals surface area contributed by atoms with E-state index >= 15 is 0 Å². The van der Waals surface area contributed by atoms with Crippen molar-refractivity contribution in [1.82, 2.24) is 4.90 Å². The number of carbonyl (C=O) groups is 2. The van der Waals surface area contributed by atoms with Crippen LogP contribution in [0.5, 0.6) is 0 Å². The first-order chi connectivity index (χ1) is 11.2. The van der Waals surface area contributed by atoms with Crippen molar-refractivity contribution in [3.05, 3.63) is 65.2 Å². The van der Waals surface area contributed by atoms with Gasteiger partial charge in [-0.3, -0.25) is 9.59 Å². The fourth-order valence-electron chi connectivity index (χ4n) is 3.47. The van der Waals surface area contributed by atoms with E-state index in [0.29, 0.717) is 19.6 Å². The van der Waals surface area contributed by atoms with Crippen LogP contribution in [-0.4, -0.2) is 29.8 Å². The van der Waals surface area contributed by atoms with Gasteiger partial charge in [-0.15, -0.1) is 0 Å². The molecule has 0 aliphatic carbocycles. The second-order valence-electron chi connectivity index (χ2n) is 6.08. The van der Waals surface area contributed by atoms with E-state index in [4.69, 9.17) is 0 Å². The Kier molecular flexibility index (Phi) is 3.37. The molecule has 116 valence electrons. The molecule has 0 radical (unpaired) electrons. The lowest BCUT2D eigenvalue weighted by Gasteiger charge is -2.29. The number of hydrogen-bond acceptors (Lipinski definition) is 2. The summed E-state index contributed by atoms with van der Waals surface area (Å²) in [6, 6.07) is 15.9. The highest BCUT2D eigenvalue weighted by molar-refractivity contribution is 6.40. The minimum atomic E-state index is -0.408. The number of para-hydroxylation sites is 1. The topological polar surface area (TPSA) is 40.6 Å². The van der Waals surface area contributed by atoms with Crippen LogP contribution in [0.3, 0.4) is 0 Å². The van der Waals surface area contributed by atoms with E-state index < -0.39 is 11.8 Å². The van der Waals surface area contributed by atoms with E-state index in [2.05, 4.69) is 6.07 Å². The molecule has 2 aromatic rings. The second-order valence-corrected chi connectivity index (χ2v) is 6.08. The summed E-state index contributed by atoms with van der Waals surface area (Å²) in [7, 11) is 0. The molecule has 4 heteroatoms. The predicted octanol–water partition coefficient (Wildman–Crippen LogP) is 2.16. The molecule has 2 heterocycles. The van der Waals surface area contributed by atoms with Gasteiger partial charge in [0.2, 0.25) is 0 Å². The van der Waals surface area contributed by atoms with Crippen LogP contribution in [0, 0.1) is 0 Å². The van der Waals surface area contributed by atoms with Crippen LogP contribution < -0.4 is 4.90 Å². The standard InChI is InChI=1S/C19H18N2O2/c22-18(20-11-9-14-5-1-2-7-16(14)13-20)19(23)21-12-10-15-6-3-4-8-17(15)21/h1-8H,9-13H2. The van der Waals surface area contributed by atoms with E-state index in [9.17, 15) is 9.59 Å². The third kappa shape index (κ3) is 2.40. The fourth-order valence-corrected chi connectivity index (χ4v) is 3.47. The van der Waals surface area contributed by atoms with Crippen LogP contribution in [-0.2, 0) is 29.0 Å². The summed E-state index contributed by atoms with van der Waals surface area (Å²) in [6.45, 7) is 1.72. The number of rotatable bonds is 0. The smallest absolute Gasteiger partial charge is 0.316 e. The molecule has 0 unspecified atom stereocenters. The number of benzene rings is 2. The Morgan fingerprint density at radius 3 is 2.22 bits per heavy atom. The van der Waals surface area contributed by atoms with Gasteiger partial charge in [0.05, 0.1) is 0 Å². The maximum atomic E-state index is 12.7. The quantitative estimate of drug-likeness (QED) is 0.700. The molecule has 0 N–H and O–H groups in total. The summed E-state index contributed by atoms with van der Waals surface area (Å²) in [4.78, 5) is 28.6. The molecule has 0 spiro atoms. The Bertz CT molecular complexity index is 784. The Morgan fingerprint density at radius 1 is 0.739 bits per heavy atom. The summed E-state index contributed by atoms with van der Waals surface area (Å²) in [5, 5.41) is 0. The number of nitrogens with zero attached hydrogens (tertiary/aromatic N) is 2. The molecule has 0 bridgehead atoms. The largest absolute Gasteiger partial charge is 0.330 e. The van der Waals surface area contributed by atoms with Crippen LogP contribution in [0.1, 0.15) is 16.7 Å². The molecule has 0 atom stereocenters. The second kappa shape index (κ2) is 5.54. The lowest BCUT2D eigenvalue weighted by molar-refractivity contribution is -0.145. The maximum absolute atomic E-state index is 12.7. The Labute approximate surface area is 135 Å². The minimum absolute atomic E-state index is 0.392. The van der Waals surface area contributed by atoms with E-state index in [-0.39, 0.29) is 0 Å². The highest BCUT2D eigenvalue weighted by Crippen LogP contribution is 2.28.